The van der Waals surface area contributed by atoms with Crippen molar-refractivity contribution in [2.45, 2.75) is 63.5 Å². The highest BCUT2D eigenvalue weighted by molar-refractivity contribution is 8.16. The Balaban J connectivity index is 1.62. The number of carbonyl (C=O) groups excluding carboxylic acids is 1. The summed E-state index contributed by atoms with van der Waals surface area (Å²) in [5, 5.41) is 1.13. The van der Waals surface area contributed by atoms with Gasteiger partial charge in [0.1, 0.15) is 0 Å². The molecule has 3 heteroatoms. The molecule has 1 heterocycles. The minimum atomic E-state index is -0.248. The van der Waals surface area contributed by atoms with Crippen molar-refractivity contribution >= 4 is 22.7 Å². The maximum Gasteiger partial charge on any atom is 0.262 e. The summed E-state index contributed by atoms with van der Waals surface area (Å²) in [6.45, 7) is 4.22. The Bertz CT molecular complexity index is 392. The van der Waals surface area contributed by atoms with Gasteiger partial charge >= 0.3 is 0 Å². The van der Waals surface area contributed by atoms with Crippen LogP contribution in [0.2, 0.25) is 0 Å². The van der Waals surface area contributed by atoms with Gasteiger partial charge in [-0.05, 0) is 56.8 Å². The molecule has 1 aliphatic heterocycles. The highest BCUT2D eigenvalue weighted by atomic mass is 32.2. The summed E-state index contributed by atoms with van der Waals surface area (Å²) in [7, 11) is 0. The lowest BCUT2D eigenvalue weighted by molar-refractivity contribution is -0.119. The fourth-order valence-corrected chi connectivity index (χ4v) is 5.52. The van der Waals surface area contributed by atoms with Gasteiger partial charge in [0.15, 0.2) is 0 Å². The molecule has 0 radical (unpaired) electrons. The Morgan fingerprint density at radius 3 is 2.83 bits per heavy atom. The Hall–Kier alpha value is -0.310. The molecule has 4 atom stereocenters. The van der Waals surface area contributed by atoms with Crippen LogP contribution in [0.4, 0.5) is 0 Å². The molecule has 0 aromatic rings. The number of hydrogen-bond donors (Lipinski definition) is 0. The summed E-state index contributed by atoms with van der Waals surface area (Å²) < 4.78 is -0.248. The molecule has 1 amide bonds. The Morgan fingerprint density at radius 2 is 2.22 bits per heavy atom. The monoisotopic (exact) mass is 265 g/mol. The lowest BCUT2D eigenvalue weighted by Gasteiger charge is -2.22. The predicted octanol–water partition coefficient (Wildman–Crippen LogP) is 4.04. The van der Waals surface area contributed by atoms with Gasteiger partial charge in [0, 0.05) is 0 Å². The minimum absolute atomic E-state index is 0.118. The molecule has 18 heavy (non-hydrogen) atoms. The van der Waals surface area contributed by atoms with Crippen molar-refractivity contribution in [3.8, 4) is 0 Å². The third-order valence-electron chi connectivity index (χ3n) is 5.07. The Labute approximate surface area is 114 Å². The second-order valence-electron chi connectivity index (χ2n) is 6.53. The lowest BCUT2D eigenvalue weighted by Crippen LogP contribution is -2.26. The number of fused-ring (bicyclic) bond motifs is 2. The second-order valence-corrected chi connectivity index (χ2v) is 8.11. The van der Waals surface area contributed by atoms with Crippen molar-refractivity contribution in [1.29, 1.82) is 0 Å². The quantitative estimate of drug-likeness (QED) is 0.767. The molecular formula is C15H23NOS. The van der Waals surface area contributed by atoms with Crippen molar-refractivity contribution in [3.63, 3.8) is 0 Å². The fraction of sp³-hybridized carbons (Fsp3) is 0.867. The molecule has 2 saturated carbocycles. The van der Waals surface area contributed by atoms with E-state index in [0.29, 0.717) is 0 Å². The molecule has 0 unspecified atom stereocenters. The maximum absolute atomic E-state index is 12.0. The van der Waals surface area contributed by atoms with E-state index < -0.39 is 0 Å². The van der Waals surface area contributed by atoms with Crippen molar-refractivity contribution in [2.24, 2.45) is 22.7 Å². The van der Waals surface area contributed by atoms with Gasteiger partial charge in [-0.3, -0.25) is 4.79 Å². The van der Waals surface area contributed by atoms with E-state index in [1.54, 1.807) is 11.8 Å². The van der Waals surface area contributed by atoms with E-state index in [-0.39, 0.29) is 10.7 Å². The molecule has 100 valence electrons. The second kappa shape index (κ2) is 4.66. The molecular weight excluding hydrogens is 242 g/mol. The third kappa shape index (κ3) is 2.15. The molecule has 0 saturated heterocycles. The van der Waals surface area contributed by atoms with Crippen molar-refractivity contribution in [2.75, 3.05) is 0 Å². The molecule has 2 bridgehead atoms. The third-order valence-corrected chi connectivity index (χ3v) is 6.39. The average molecular weight is 265 g/mol. The van der Waals surface area contributed by atoms with Crippen LogP contribution in [-0.4, -0.2) is 15.7 Å². The van der Waals surface area contributed by atoms with Crippen LogP contribution in [0, 0.1) is 17.8 Å². The van der Waals surface area contributed by atoms with Gasteiger partial charge in [-0.15, -0.1) is 0 Å². The van der Waals surface area contributed by atoms with Crippen molar-refractivity contribution in [1.82, 2.24) is 0 Å². The van der Waals surface area contributed by atoms with Gasteiger partial charge in [-0.2, -0.15) is 0 Å². The molecule has 3 aliphatic rings. The normalized spacial score (nSPS) is 42.7. The molecule has 0 aromatic carbocycles. The van der Waals surface area contributed by atoms with Crippen LogP contribution in [0.1, 0.15) is 58.8 Å². The molecule has 0 N–H and O–H groups in total. The van der Waals surface area contributed by atoms with E-state index in [2.05, 4.69) is 18.8 Å². The molecule has 2 aliphatic carbocycles. The topological polar surface area (TPSA) is 29.4 Å². The molecule has 3 rings (SSSR count). The number of thioether (sulfide) groups is 1. The number of rotatable bonds is 4. The first-order valence-corrected chi connectivity index (χ1v) is 8.23. The fourth-order valence-electron chi connectivity index (χ4n) is 4.13. The Morgan fingerprint density at radius 1 is 1.39 bits per heavy atom. The van der Waals surface area contributed by atoms with Gasteiger partial charge in [0.25, 0.3) is 5.91 Å². The van der Waals surface area contributed by atoms with Gasteiger partial charge in [-0.1, -0.05) is 31.5 Å². The maximum atomic E-state index is 12.0. The molecule has 2 nitrogen and oxygen atoms in total. The lowest BCUT2D eigenvalue weighted by atomic mass is 9.87. The zero-order valence-corrected chi connectivity index (χ0v) is 12.3. The highest BCUT2D eigenvalue weighted by Crippen LogP contribution is 2.51. The average Bonchev–Trinajstić information content (AvgIpc) is 2.96. The first-order valence-electron chi connectivity index (χ1n) is 7.41. The SMILES string of the molecule is CCC[C@]1(C)SC(C[C@H]2C[C@@H]3CC[C@H]2C3)=NC1=O. The van der Waals surface area contributed by atoms with Gasteiger partial charge in [-0.25, -0.2) is 4.99 Å². The van der Waals surface area contributed by atoms with Gasteiger partial charge in [0.05, 0.1) is 9.79 Å². The van der Waals surface area contributed by atoms with E-state index in [0.717, 1.165) is 42.1 Å². The van der Waals surface area contributed by atoms with Crippen molar-refractivity contribution < 1.29 is 4.79 Å². The van der Waals surface area contributed by atoms with Crippen LogP contribution in [0.5, 0.6) is 0 Å². The van der Waals surface area contributed by atoms with Crippen LogP contribution in [-0.2, 0) is 4.79 Å². The number of nitrogens with zero attached hydrogens (tertiary/aromatic N) is 1. The molecule has 0 spiro atoms. The predicted molar refractivity (Wildman–Crippen MR) is 76.9 cm³/mol. The number of amides is 1. The van der Waals surface area contributed by atoms with E-state index in [4.69, 9.17) is 0 Å². The number of aliphatic imine (C=N–C) groups is 1. The van der Waals surface area contributed by atoms with Gasteiger partial charge in [0.2, 0.25) is 0 Å². The zero-order valence-electron chi connectivity index (χ0n) is 11.4. The van der Waals surface area contributed by atoms with Crippen molar-refractivity contribution in [3.05, 3.63) is 0 Å². The first kappa shape index (κ1) is 12.7. The minimum Gasteiger partial charge on any atom is -0.271 e. The van der Waals surface area contributed by atoms with Crippen LogP contribution >= 0.6 is 11.8 Å². The molecule has 0 aromatic heterocycles. The summed E-state index contributed by atoms with van der Waals surface area (Å²) in [5.74, 6) is 2.87. The van der Waals surface area contributed by atoms with Crippen LogP contribution in [0.25, 0.3) is 0 Å². The van der Waals surface area contributed by atoms with Gasteiger partial charge < -0.3 is 0 Å². The van der Waals surface area contributed by atoms with E-state index in [1.807, 2.05) is 0 Å². The number of hydrogen-bond acceptors (Lipinski definition) is 2. The summed E-state index contributed by atoms with van der Waals surface area (Å²) in [4.78, 5) is 16.4. The standard InChI is InChI=1S/C15H23NOS/c1-3-6-15(2)14(17)16-13(18-15)9-12-8-10-4-5-11(12)7-10/h10-12H,3-9H2,1-2H3/t10-,11+,12-,15+/m1/s1. The smallest absolute Gasteiger partial charge is 0.262 e. The highest BCUT2D eigenvalue weighted by Gasteiger charge is 2.44. The Kier molecular flexibility index (Phi) is 3.29. The van der Waals surface area contributed by atoms with E-state index in [9.17, 15) is 4.79 Å². The first-order chi connectivity index (χ1) is 8.60. The van der Waals surface area contributed by atoms with Crippen LogP contribution < -0.4 is 0 Å². The summed E-state index contributed by atoms with van der Waals surface area (Å²) >= 11 is 1.76. The van der Waals surface area contributed by atoms with E-state index >= 15 is 0 Å². The summed E-state index contributed by atoms with van der Waals surface area (Å²) in [6, 6.07) is 0. The zero-order chi connectivity index (χ0) is 12.8. The summed E-state index contributed by atoms with van der Waals surface area (Å²) in [6.07, 6.45) is 8.82. The van der Waals surface area contributed by atoms with E-state index in [1.165, 1.54) is 25.7 Å². The van der Waals surface area contributed by atoms with Crippen LogP contribution in [0.15, 0.2) is 4.99 Å². The summed E-state index contributed by atoms with van der Waals surface area (Å²) in [5.41, 5.74) is 0. The molecule has 2 fully saturated rings. The van der Waals surface area contributed by atoms with Crippen LogP contribution in [0.3, 0.4) is 0 Å². The largest absolute Gasteiger partial charge is 0.271 e. The number of carbonyl (C=O) groups is 1.